The molecule has 2 saturated heterocycles. The number of rotatable bonds is 4. The predicted molar refractivity (Wildman–Crippen MR) is 71.5 cm³/mol. The first-order chi connectivity index (χ1) is 8.66. The third-order valence-electron chi connectivity index (χ3n) is 4.47. The van der Waals surface area contributed by atoms with Crippen LogP contribution in [0.15, 0.2) is 0 Å². The van der Waals surface area contributed by atoms with E-state index in [1.54, 1.807) is 0 Å². The van der Waals surface area contributed by atoms with E-state index in [0.717, 1.165) is 39.0 Å². The summed E-state index contributed by atoms with van der Waals surface area (Å²) in [5.74, 6) is -0.0195. The van der Waals surface area contributed by atoms with Crippen molar-refractivity contribution in [2.75, 3.05) is 39.8 Å². The van der Waals surface area contributed by atoms with Gasteiger partial charge in [-0.05, 0) is 65.8 Å². The Morgan fingerprint density at radius 3 is 2.33 bits per heavy atom. The molecule has 2 heterocycles. The van der Waals surface area contributed by atoms with Crippen LogP contribution in [-0.4, -0.2) is 61.1 Å². The topological polar surface area (TPSA) is 32.8 Å². The van der Waals surface area contributed by atoms with Crippen LogP contribution in [0.5, 0.6) is 0 Å². The summed E-state index contributed by atoms with van der Waals surface area (Å²) in [5.41, 5.74) is 0.0786. The molecule has 4 nitrogen and oxygen atoms in total. The van der Waals surface area contributed by atoms with Gasteiger partial charge < -0.3 is 9.64 Å². The van der Waals surface area contributed by atoms with Gasteiger partial charge in [0, 0.05) is 5.54 Å². The molecule has 0 aliphatic carbocycles. The number of carbonyl (C=O) groups is 1. The van der Waals surface area contributed by atoms with Crippen LogP contribution in [0, 0.1) is 0 Å². The van der Waals surface area contributed by atoms with Crippen molar-refractivity contribution in [1.29, 1.82) is 0 Å². The molecule has 0 atom stereocenters. The Morgan fingerprint density at radius 2 is 1.78 bits per heavy atom. The lowest BCUT2D eigenvalue weighted by atomic mass is 9.83. The Balaban J connectivity index is 2.04. The molecule has 0 aromatic carbocycles. The van der Waals surface area contributed by atoms with Gasteiger partial charge in [-0.1, -0.05) is 0 Å². The van der Waals surface area contributed by atoms with Crippen molar-refractivity contribution in [3.63, 3.8) is 0 Å². The van der Waals surface area contributed by atoms with E-state index in [0.29, 0.717) is 13.0 Å². The van der Waals surface area contributed by atoms with E-state index in [9.17, 15) is 4.79 Å². The maximum atomic E-state index is 11.9. The molecule has 0 aromatic heterocycles. The summed E-state index contributed by atoms with van der Waals surface area (Å²) in [4.78, 5) is 16.8. The van der Waals surface area contributed by atoms with E-state index in [2.05, 4.69) is 16.8 Å². The molecule has 18 heavy (non-hydrogen) atoms. The van der Waals surface area contributed by atoms with Crippen LogP contribution >= 0.6 is 0 Å². The number of nitrogens with zero attached hydrogens (tertiary/aromatic N) is 2. The Hall–Kier alpha value is -0.610. The third kappa shape index (κ3) is 3.04. The number of likely N-dealkylation sites (tertiary alicyclic amines) is 2. The molecule has 2 fully saturated rings. The van der Waals surface area contributed by atoms with E-state index in [1.807, 2.05) is 6.92 Å². The lowest BCUT2D eigenvalue weighted by Crippen LogP contribution is -2.55. The number of piperidine rings is 1. The van der Waals surface area contributed by atoms with Crippen LogP contribution in [0.25, 0.3) is 0 Å². The molecule has 0 spiro atoms. The van der Waals surface area contributed by atoms with Crippen LogP contribution in [-0.2, 0) is 9.53 Å². The summed E-state index contributed by atoms with van der Waals surface area (Å²) in [5, 5.41) is 0. The van der Waals surface area contributed by atoms with Gasteiger partial charge in [0.2, 0.25) is 0 Å². The molecular weight excluding hydrogens is 228 g/mol. The van der Waals surface area contributed by atoms with Gasteiger partial charge in [-0.2, -0.15) is 0 Å². The molecule has 4 heteroatoms. The molecule has 0 N–H and O–H groups in total. The van der Waals surface area contributed by atoms with Crippen LogP contribution in [0.3, 0.4) is 0 Å². The van der Waals surface area contributed by atoms with Gasteiger partial charge in [0.15, 0.2) is 0 Å². The van der Waals surface area contributed by atoms with Crippen LogP contribution in [0.4, 0.5) is 0 Å². The fraction of sp³-hybridized carbons (Fsp3) is 0.929. The fourth-order valence-corrected chi connectivity index (χ4v) is 3.31. The highest BCUT2D eigenvalue weighted by Crippen LogP contribution is 2.34. The molecule has 2 aliphatic rings. The molecule has 0 amide bonds. The predicted octanol–water partition coefficient (Wildman–Crippen LogP) is 1.50. The minimum absolute atomic E-state index is 0.0195. The van der Waals surface area contributed by atoms with Gasteiger partial charge in [-0.15, -0.1) is 0 Å². The monoisotopic (exact) mass is 254 g/mol. The summed E-state index contributed by atoms with van der Waals surface area (Å²) >= 11 is 0. The number of hydrogen-bond donors (Lipinski definition) is 0. The van der Waals surface area contributed by atoms with E-state index in [1.165, 1.54) is 12.8 Å². The third-order valence-corrected chi connectivity index (χ3v) is 4.47. The highest BCUT2D eigenvalue weighted by atomic mass is 16.5. The summed E-state index contributed by atoms with van der Waals surface area (Å²) < 4.78 is 5.18. The Kier molecular flexibility index (Phi) is 4.62. The number of esters is 1. The van der Waals surface area contributed by atoms with Crippen molar-refractivity contribution >= 4 is 5.97 Å². The van der Waals surface area contributed by atoms with Crippen LogP contribution in [0.1, 0.15) is 39.0 Å². The smallest absolute Gasteiger partial charge is 0.307 e. The van der Waals surface area contributed by atoms with Gasteiger partial charge >= 0.3 is 5.97 Å². The maximum Gasteiger partial charge on any atom is 0.307 e. The first kappa shape index (κ1) is 13.8. The second kappa shape index (κ2) is 6.02. The fourth-order valence-electron chi connectivity index (χ4n) is 3.31. The van der Waals surface area contributed by atoms with Crippen molar-refractivity contribution in [2.45, 2.75) is 44.6 Å². The van der Waals surface area contributed by atoms with E-state index in [4.69, 9.17) is 4.74 Å². The number of carbonyl (C=O) groups excluding carboxylic acids is 1. The Morgan fingerprint density at radius 1 is 1.17 bits per heavy atom. The molecule has 2 aliphatic heterocycles. The minimum Gasteiger partial charge on any atom is -0.466 e. The van der Waals surface area contributed by atoms with E-state index < -0.39 is 0 Å². The zero-order chi connectivity index (χ0) is 13.0. The first-order valence-electron chi connectivity index (χ1n) is 7.25. The molecule has 0 bridgehead atoms. The Bertz CT molecular complexity index is 280. The van der Waals surface area contributed by atoms with Crippen molar-refractivity contribution in [1.82, 2.24) is 9.80 Å². The summed E-state index contributed by atoms with van der Waals surface area (Å²) in [7, 11) is 2.16. The van der Waals surface area contributed by atoms with E-state index >= 15 is 0 Å². The van der Waals surface area contributed by atoms with Crippen molar-refractivity contribution in [2.24, 2.45) is 0 Å². The molecule has 0 saturated carbocycles. The van der Waals surface area contributed by atoms with Crippen molar-refractivity contribution in [3.05, 3.63) is 0 Å². The molecule has 0 unspecified atom stereocenters. The van der Waals surface area contributed by atoms with Crippen LogP contribution < -0.4 is 0 Å². The molecular formula is C14H26N2O2. The normalized spacial score (nSPS) is 25.2. The van der Waals surface area contributed by atoms with E-state index in [-0.39, 0.29) is 11.5 Å². The van der Waals surface area contributed by atoms with Gasteiger partial charge in [-0.25, -0.2) is 0 Å². The summed E-state index contributed by atoms with van der Waals surface area (Å²) in [6, 6.07) is 0. The molecule has 0 aromatic rings. The highest BCUT2D eigenvalue weighted by molar-refractivity contribution is 5.71. The van der Waals surface area contributed by atoms with Gasteiger partial charge in [0.1, 0.15) is 0 Å². The molecule has 2 rings (SSSR count). The number of hydrogen-bond acceptors (Lipinski definition) is 4. The lowest BCUT2D eigenvalue weighted by molar-refractivity contribution is -0.147. The highest BCUT2D eigenvalue weighted by Gasteiger charge is 2.42. The maximum absolute atomic E-state index is 11.9. The van der Waals surface area contributed by atoms with Gasteiger partial charge in [-0.3, -0.25) is 9.69 Å². The average molecular weight is 254 g/mol. The summed E-state index contributed by atoms with van der Waals surface area (Å²) in [6.07, 6.45) is 5.33. The number of ether oxygens (including phenoxy) is 1. The lowest BCUT2D eigenvalue weighted by Gasteiger charge is -2.46. The Labute approximate surface area is 110 Å². The average Bonchev–Trinajstić information content (AvgIpc) is 2.87. The molecule has 104 valence electrons. The largest absolute Gasteiger partial charge is 0.466 e. The SMILES string of the molecule is CCOC(=O)CC1(N2CCCC2)CCN(C)CC1. The zero-order valence-electron chi connectivity index (χ0n) is 11.8. The van der Waals surface area contributed by atoms with Crippen molar-refractivity contribution < 1.29 is 9.53 Å². The van der Waals surface area contributed by atoms with Gasteiger partial charge in [0.05, 0.1) is 13.0 Å². The second-order valence-corrected chi connectivity index (χ2v) is 5.70. The zero-order valence-corrected chi connectivity index (χ0v) is 11.8. The summed E-state index contributed by atoms with van der Waals surface area (Å²) in [6.45, 7) is 6.88. The minimum atomic E-state index is -0.0195. The van der Waals surface area contributed by atoms with Gasteiger partial charge in [0.25, 0.3) is 0 Å². The standard InChI is InChI=1S/C14H26N2O2/c1-3-18-13(17)12-14(16-8-4-5-9-16)6-10-15(2)11-7-14/h3-12H2,1-2H3. The van der Waals surface area contributed by atoms with Crippen molar-refractivity contribution in [3.8, 4) is 0 Å². The quantitative estimate of drug-likeness (QED) is 0.712. The molecule has 0 radical (unpaired) electrons. The second-order valence-electron chi connectivity index (χ2n) is 5.70. The first-order valence-corrected chi connectivity index (χ1v) is 7.25. The van der Waals surface area contributed by atoms with Crippen LogP contribution in [0.2, 0.25) is 0 Å².